The van der Waals surface area contributed by atoms with Gasteiger partial charge in [-0.05, 0) is 32.0 Å². The zero-order valence-corrected chi connectivity index (χ0v) is 11.9. The molecule has 1 unspecified atom stereocenters. The van der Waals surface area contributed by atoms with Gasteiger partial charge in [0.1, 0.15) is 0 Å². The van der Waals surface area contributed by atoms with E-state index in [1.807, 2.05) is 19.2 Å². The number of hydrogen-bond donors (Lipinski definition) is 2. The highest BCUT2D eigenvalue weighted by Crippen LogP contribution is 2.24. The van der Waals surface area contributed by atoms with E-state index in [1.54, 1.807) is 29.5 Å². The summed E-state index contributed by atoms with van der Waals surface area (Å²) >= 11 is 1.60. The van der Waals surface area contributed by atoms with Crippen molar-refractivity contribution in [3.8, 4) is 0 Å². The van der Waals surface area contributed by atoms with Crippen molar-refractivity contribution in [1.29, 1.82) is 0 Å². The number of rotatable bonds is 3. The highest BCUT2D eigenvalue weighted by molar-refractivity contribution is 7.09. The van der Waals surface area contributed by atoms with Crippen molar-refractivity contribution < 1.29 is 9.59 Å². The fourth-order valence-corrected chi connectivity index (χ4v) is 2.87. The molecule has 6 heteroatoms. The van der Waals surface area contributed by atoms with E-state index in [0.717, 1.165) is 16.4 Å². The molecule has 2 amide bonds. The third kappa shape index (κ3) is 2.18. The molecule has 0 fully saturated rings. The van der Waals surface area contributed by atoms with Gasteiger partial charge in [0.25, 0.3) is 11.8 Å². The third-order valence-electron chi connectivity index (χ3n) is 3.20. The highest BCUT2D eigenvalue weighted by Gasteiger charge is 2.26. The molecule has 102 valence electrons. The summed E-state index contributed by atoms with van der Waals surface area (Å²) in [5.74, 6) is -0.675. The number of carbonyl (C=O) groups is 2. The largest absolute Gasteiger partial charge is 0.377 e. The molecule has 0 spiro atoms. The van der Waals surface area contributed by atoms with Crippen LogP contribution >= 0.6 is 11.3 Å². The van der Waals surface area contributed by atoms with E-state index in [0.29, 0.717) is 11.1 Å². The Morgan fingerprint density at radius 2 is 2.00 bits per heavy atom. The summed E-state index contributed by atoms with van der Waals surface area (Å²) in [7, 11) is 0. The van der Waals surface area contributed by atoms with E-state index in [4.69, 9.17) is 0 Å². The summed E-state index contributed by atoms with van der Waals surface area (Å²) in [4.78, 5) is 27.5. The average Bonchev–Trinajstić information content (AvgIpc) is 2.95. The van der Waals surface area contributed by atoms with Crippen LogP contribution in [0.1, 0.15) is 44.4 Å². The zero-order chi connectivity index (χ0) is 14.3. The monoisotopic (exact) mass is 287 g/mol. The number of fused-ring (bicyclic) bond motifs is 1. The van der Waals surface area contributed by atoms with Gasteiger partial charge < -0.3 is 5.32 Å². The molecule has 3 rings (SSSR count). The van der Waals surface area contributed by atoms with Gasteiger partial charge in [0.15, 0.2) is 0 Å². The lowest BCUT2D eigenvalue weighted by Gasteiger charge is -2.13. The predicted octanol–water partition coefficient (Wildman–Crippen LogP) is 2.51. The van der Waals surface area contributed by atoms with Gasteiger partial charge in [-0.25, -0.2) is 4.98 Å². The van der Waals surface area contributed by atoms with E-state index in [9.17, 15) is 9.59 Å². The third-order valence-corrected chi connectivity index (χ3v) is 3.99. The van der Waals surface area contributed by atoms with E-state index in [1.165, 1.54) is 0 Å². The molecule has 2 N–H and O–H groups in total. The molecule has 0 saturated carbocycles. The summed E-state index contributed by atoms with van der Waals surface area (Å²) in [6.07, 6.45) is 0. The Hall–Kier alpha value is -2.21. The lowest BCUT2D eigenvalue weighted by molar-refractivity contribution is 0.0879. The molecule has 1 aliphatic heterocycles. The first-order chi connectivity index (χ1) is 9.54. The van der Waals surface area contributed by atoms with Gasteiger partial charge in [0.2, 0.25) is 0 Å². The Kier molecular flexibility index (Phi) is 3.02. The quantitative estimate of drug-likeness (QED) is 0.851. The Morgan fingerprint density at radius 3 is 2.70 bits per heavy atom. The Labute approximate surface area is 120 Å². The van der Waals surface area contributed by atoms with Crippen molar-refractivity contribution in [2.24, 2.45) is 0 Å². The Bertz CT molecular complexity index is 708. The van der Waals surface area contributed by atoms with Crippen molar-refractivity contribution >= 4 is 28.8 Å². The van der Waals surface area contributed by atoms with Crippen molar-refractivity contribution in [2.75, 3.05) is 5.32 Å². The number of hydrogen-bond acceptors (Lipinski definition) is 5. The number of nitrogens with one attached hydrogen (secondary N) is 2. The second-order valence-corrected chi connectivity index (χ2v) is 5.76. The fourth-order valence-electron chi connectivity index (χ4n) is 2.16. The van der Waals surface area contributed by atoms with Crippen molar-refractivity contribution in [1.82, 2.24) is 10.3 Å². The topological polar surface area (TPSA) is 71.1 Å². The summed E-state index contributed by atoms with van der Waals surface area (Å²) in [6.45, 7) is 3.97. The molecule has 0 bridgehead atoms. The van der Waals surface area contributed by atoms with Gasteiger partial charge in [-0.3, -0.25) is 14.9 Å². The number of amides is 2. The number of imide groups is 1. The molecule has 2 aromatic rings. The van der Waals surface area contributed by atoms with Crippen LogP contribution in [0, 0.1) is 6.92 Å². The molecule has 1 aromatic carbocycles. The molecular formula is C14H13N3O2S. The summed E-state index contributed by atoms with van der Waals surface area (Å²) in [5.41, 5.74) is 2.61. The van der Waals surface area contributed by atoms with Crippen LogP contribution in [0.5, 0.6) is 0 Å². The summed E-state index contributed by atoms with van der Waals surface area (Å²) in [6, 6.07) is 5.20. The molecule has 2 heterocycles. The van der Waals surface area contributed by atoms with Crippen molar-refractivity contribution in [3.05, 3.63) is 45.4 Å². The molecule has 1 aromatic heterocycles. The molecular weight excluding hydrogens is 274 g/mol. The summed E-state index contributed by atoms with van der Waals surface area (Å²) in [5, 5.41) is 8.60. The number of thiazole rings is 1. The van der Waals surface area contributed by atoms with Gasteiger partial charge in [0.05, 0.1) is 27.9 Å². The lowest BCUT2D eigenvalue weighted by atomic mass is 10.1. The smallest absolute Gasteiger partial charge is 0.259 e. The van der Waals surface area contributed by atoms with Crippen molar-refractivity contribution in [3.63, 3.8) is 0 Å². The lowest BCUT2D eigenvalue weighted by Crippen LogP contribution is -2.19. The zero-order valence-electron chi connectivity index (χ0n) is 11.1. The van der Waals surface area contributed by atoms with Gasteiger partial charge in [0, 0.05) is 11.1 Å². The minimum Gasteiger partial charge on any atom is -0.377 e. The number of benzene rings is 1. The molecule has 0 saturated heterocycles. The fraction of sp³-hybridized carbons (Fsp3) is 0.214. The van der Waals surface area contributed by atoms with E-state index < -0.39 is 0 Å². The Morgan fingerprint density at radius 1 is 1.25 bits per heavy atom. The minimum absolute atomic E-state index is 0.0400. The maximum atomic E-state index is 11.6. The molecule has 0 aliphatic carbocycles. The van der Waals surface area contributed by atoms with E-state index in [-0.39, 0.29) is 17.9 Å². The van der Waals surface area contributed by atoms with E-state index in [2.05, 4.69) is 15.6 Å². The SMILES string of the molecule is Cc1nc(C(C)Nc2ccc3c(c2)C(=O)NC3=O)cs1. The van der Waals surface area contributed by atoms with Crippen molar-refractivity contribution in [2.45, 2.75) is 19.9 Å². The number of aryl methyl sites for hydroxylation is 1. The minimum atomic E-state index is -0.342. The first-order valence-electron chi connectivity index (χ1n) is 6.23. The van der Waals surface area contributed by atoms with Crippen LogP contribution in [-0.2, 0) is 0 Å². The number of aromatic nitrogens is 1. The molecule has 1 aliphatic rings. The van der Waals surface area contributed by atoms with Gasteiger partial charge in [-0.2, -0.15) is 0 Å². The maximum Gasteiger partial charge on any atom is 0.259 e. The standard InChI is InChI=1S/C14H13N3O2S/c1-7(12-6-20-8(2)16-12)15-9-3-4-10-11(5-9)14(19)17-13(10)18/h3-7,15H,1-2H3,(H,17,18,19). The predicted molar refractivity (Wildman–Crippen MR) is 77.1 cm³/mol. The first-order valence-corrected chi connectivity index (χ1v) is 7.11. The molecule has 5 nitrogen and oxygen atoms in total. The Balaban J connectivity index is 1.84. The van der Waals surface area contributed by atoms with Crippen LogP contribution in [0.4, 0.5) is 5.69 Å². The molecule has 0 radical (unpaired) electrons. The average molecular weight is 287 g/mol. The number of nitrogens with zero attached hydrogens (tertiary/aromatic N) is 1. The van der Waals surface area contributed by atoms with Crippen LogP contribution in [0.2, 0.25) is 0 Å². The van der Waals surface area contributed by atoms with Crippen LogP contribution in [-0.4, -0.2) is 16.8 Å². The van der Waals surface area contributed by atoms with E-state index >= 15 is 0 Å². The molecule has 1 atom stereocenters. The van der Waals surface area contributed by atoms with Gasteiger partial charge >= 0.3 is 0 Å². The second-order valence-electron chi connectivity index (χ2n) is 4.70. The highest BCUT2D eigenvalue weighted by atomic mass is 32.1. The number of carbonyl (C=O) groups excluding carboxylic acids is 2. The number of anilines is 1. The van der Waals surface area contributed by atoms with Gasteiger partial charge in [-0.15, -0.1) is 11.3 Å². The van der Waals surface area contributed by atoms with Crippen LogP contribution in [0.15, 0.2) is 23.6 Å². The van der Waals surface area contributed by atoms with Crippen LogP contribution in [0.3, 0.4) is 0 Å². The van der Waals surface area contributed by atoms with Crippen LogP contribution in [0.25, 0.3) is 0 Å². The first kappa shape index (κ1) is 12.8. The maximum absolute atomic E-state index is 11.6. The normalized spacial score (nSPS) is 14.9. The van der Waals surface area contributed by atoms with Gasteiger partial charge in [-0.1, -0.05) is 0 Å². The summed E-state index contributed by atoms with van der Waals surface area (Å²) < 4.78 is 0. The van der Waals surface area contributed by atoms with Crippen LogP contribution < -0.4 is 10.6 Å². The second kappa shape index (κ2) is 4.72. The molecule has 20 heavy (non-hydrogen) atoms.